The van der Waals surface area contributed by atoms with Gasteiger partial charge >= 0.3 is 0 Å². The van der Waals surface area contributed by atoms with E-state index in [0.29, 0.717) is 25.7 Å². The zero-order valence-corrected chi connectivity index (χ0v) is 31.8. The molecule has 5 N–H and O–H groups in total. The van der Waals surface area contributed by atoms with Gasteiger partial charge in [0.1, 0.15) is 6.04 Å². The molecule has 280 valence electrons. The predicted molar refractivity (Wildman–Crippen MR) is 211 cm³/mol. The van der Waals surface area contributed by atoms with Crippen LogP contribution in [-0.2, 0) is 27.2 Å². The number of carbonyl (C=O) groups excluding carboxylic acids is 3. The van der Waals surface area contributed by atoms with Crippen molar-refractivity contribution in [3.05, 3.63) is 96.1 Å². The Bertz CT molecular complexity index is 1680. The van der Waals surface area contributed by atoms with E-state index in [4.69, 9.17) is 0 Å². The third-order valence-corrected chi connectivity index (χ3v) is 10.2. The van der Waals surface area contributed by atoms with Crippen LogP contribution >= 0.6 is 0 Å². The minimum Gasteiger partial charge on any atom is -0.394 e. The summed E-state index contributed by atoms with van der Waals surface area (Å²) in [6.45, 7) is 11.8. The number of hydrogen-bond acceptors (Lipinski definition) is 5. The number of fused-ring (bicyclic) bond motifs is 2. The second-order valence-electron chi connectivity index (χ2n) is 15.3. The van der Waals surface area contributed by atoms with Gasteiger partial charge in [-0.1, -0.05) is 133 Å². The number of benzene rings is 4. The molecule has 3 unspecified atom stereocenters. The lowest BCUT2D eigenvalue weighted by Crippen LogP contribution is -2.55. The van der Waals surface area contributed by atoms with Gasteiger partial charge in [-0.3, -0.25) is 14.4 Å². The summed E-state index contributed by atoms with van der Waals surface area (Å²) >= 11 is 0. The average molecular weight is 710 g/mol. The molecule has 0 aliphatic rings. The quantitative estimate of drug-likeness (QED) is 0.0738. The lowest BCUT2D eigenvalue weighted by Gasteiger charge is -2.30. The molecule has 52 heavy (non-hydrogen) atoms. The third kappa shape index (κ3) is 11.4. The molecule has 0 heterocycles. The summed E-state index contributed by atoms with van der Waals surface area (Å²) in [5.41, 5.74) is 2.14. The minimum absolute atomic E-state index is 0.0720. The van der Waals surface area contributed by atoms with E-state index in [9.17, 15) is 24.6 Å². The SMILES string of the molecule is CCC(C)[C@@H](CO)NC(=O)CC(O)C(CC(C)C)NC(=O)[C@H](CC(C)C)NC(=O)C(Cc1cccc2ccccc12)Cc1cccc2ccccc12. The Morgan fingerprint density at radius 1 is 0.635 bits per heavy atom. The van der Waals surface area contributed by atoms with E-state index >= 15 is 0 Å². The highest BCUT2D eigenvalue weighted by atomic mass is 16.3. The molecule has 0 bridgehead atoms. The molecular weight excluding hydrogens is 651 g/mol. The molecule has 4 aromatic rings. The van der Waals surface area contributed by atoms with Gasteiger partial charge in [0.15, 0.2) is 0 Å². The minimum atomic E-state index is -1.15. The van der Waals surface area contributed by atoms with Crippen molar-refractivity contribution in [2.24, 2.45) is 23.7 Å². The van der Waals surface area contributed by atoms with Crippen LogP contribution < -0.4 is 16.0 Å². The topological polar surface area (TPSA) is 128 Å². The maximum Gasteiger partial charge on any atom is 0.242 e. The van der Waals surface area contributed by atoms with Crippen LogP contribution in [0.5, 0.6) is 0 Å². The van der Waals surface area contributed by atoms with Crippen molar-refractivity contribution in [2.45, 2.75) is 104 Å². The van der Waals surface area contributed by atoms with Crippen LogP contribution in [0.4, 0.5) is 0 Å². The van der Waals surface area contributed by atoms with E-state index in [0.717, 1.165) is 39.1 Å². The van der Waals surface area contributed by atoms with Gasteiger partial charge in [-0.25, -0.2) is 0 Å². The average Bonchev–Trinajstić information content (AvgIpc) is 3.12. The number of hydrogen-bond donors (Lipinski definition) is 5. The molecule has 0 spiro atoms. The number of aliphatic hydroxyl groups is 2. The monoisotopic (exact) mass is 709 g/mol. The van der Waals surface area contributed by atoms with E-state index in [1.165, 1.54) is 0 Å². The number of carbonyl (C=O) groups is 3. The van der Waals surface area contributed by atoms with Crippen molar-refractivity contribution in [1.82, 2.24) is 16.0 Å². The van der Waals surface area contributed by atoms with Crippen LogP contribution in [0.25, 0.3) is 21.5 Å². The molecule has 8 nitrogen and oxygen atoms in total. The number of nitrogens with one attached hydrogen (secondary N) is 3. The summed E-state index contributed by atoms with van der Waals surface area (Å²) in [6.07, 6.45) is 1.25. The normalized spacial score (nSPS) is 14.7. The molecular formula is C44H59N3O5. The van der Waals surface area contributed by atoms with Gasteiger partial charge in [0.25, 0.3) is 0 Å². The fourth-order valence-electron chi connectivity index (χ4n) is 7.08. The number of aliphatic hydroxyl groups excluding tert-OH is 2. The molecule has 0 fully saturated rings. The van der Waals surface area contributed by atoms with Gasteiger partial charge in [0, 0.05) is 5.92 Å². The highest BCUT2D eigenvalue weighted by Gasteiger charge is 2.32. The van der Waals surface area contributed by atoms with Crippen LogP contribution in [0.3, 0.4) is 0 Å². The van der Waals surface area contributed by atoms with Gasteiger partial charge in [0.05, 0.1) is 31.2 Å². The largest absolute Gasteiger partial charge is 0.394 e. The summed E-state index contributed by atoms with van der Waals surface area (Å²) in [5, 5.41) is 34.5. The zero-order valence-electron chi connectivity index (χ0n) is 31.8. The lowest BCUT2D eigenvalue weighted by molar-refractivity contribution is -0.132. The van der Waals surface area contributed by atoms with Gasteiger partial charge in [-0.15, -0.1) is 0 Å². The molecule has 0 saturated carbocycles. The summed E-state index contributed by atoms with van der Waals surface area (Å²) in [7, 11) is 0. The molecule has 4 aromatic carbocycles. The molecule has 0 saturated heterocycles. The third-order valence-electron chi connectivity index (χ3n) is 10.2. The van der Waals surface area contributed by atoms with Crippen LogP contribution in [0.2, 0.25) is 0 Å². The molecule has 0 aliphatic heterocycles. The molecule has 0 aromatic heterocycles. The predicted octanol–water partition coefficient (Wildman–Crippen LogP) is 6.73. The fourth-order valence-corrected chi connectivity index (χ4v) is 7.08. The zero-order chi connectivity index (χ0) is 37.8. The second-order valence-corrected chi connectivity index (χ2v) is 15.3. The van der Waals surface area contributed by atoms with Crippen LogP contribution in [-0.4, -0.2) is 58.8 Å². The van der Waals surface area contributed by atoms with E-state index < -0.39 is 30.1 Å². The maximum absolute atomic E-state index is 14.5. The number of rotatable bonds is 19. The van der Waals surface area contributed by atoms with Crippen molar-refractivity contribution in [1.29, 1.82) is 0 Å². The summed E-state index contributed by atoms with van der Waals surface area (Å²) < 4.78 is 0. The van der Waals surface area contributed by atoms with Crippen LogP contribution in [0.15, 0.2) is 84.9 Å². The molecule has 3 amide bonds. The molecule has 0 aliphatic carbocycles. The Morgan fingerprint density at radius 3 is 1.65 bits per heavy atom. The molecule has 8 heteroatoms. The van der Waals surface area contributed by atoms with Crippen LogP contribution in [0, 0.1) is 23.7 Å². The van der Waals surface area contributed by atoms with E-state index in [2.05, 4.69) is 64.5 Å². The van der Waals surface area contributed by atoms with Crippen molar-refractivity contribution < 1.29 is 24.6 Å². The first kappa shape index (κ1) is 40.5. The van der Waals surface area contributed by atoms with Gasteiger partial charge in [0.2, 0.25) is 17.7 Å². The fraction of sp³-hybridized carbons (Fsp3) is 0.477. The Labute approximate surface area is 309 Å². The van der Waals surface area contributed by atoms with Gasteiger partial charge < -0.3 is 26.2 Å². The smallest absolute Gasteiger partial charge is 0.242 e. The highest BCUT2D eigenvalue weighted by molar-refractivity contribution is 5.91. The summed E-state index contributed by atoms with van der Waals surface area (Å²) in [4.78, 5) is 41.5. The van der Waals surface area contributed by atoms with Gasteiger partial charge in [-0.2, -0.15) is 0 Å². The standard InChI is InChI=1S/C44H59N3O5/c1-7-30(6)40(27-48)45-42(50)26-41(49)38(22-28(2)3)46-44(52)39(23-29(4)5)47-43(51)35(24-33-18-12-16-31-14-8-10-20-36(31)33)25-34-19-13-17-32-15-9-11-21-37(32)34/h8-21,28-30,35,38-41,48-49H,7,22-27H2,1-6H3,(H,45,50)(H,46,52)(H,47,51)/t30?,38?,39-,40+,41?/m0/s1. The van der Waals surface area contributed by atoms with Crippen LogP contribution in [0.1, 0.15) is 78.4 Å². The van der Waals surface area contributed by atoms with Crippen molar-refractivity contribution in [3.8, 4) is 0 Å². The van der Waals surface area contributed by atoms with E-state index in [-0.39, 0.29) is 48.5 Å². The Morgan fingerprint density at radius 2 is 1.15 bits per heavy atom. The van der Waals surface area contributed by atoms with Crippen molar-refractivity contribution in [3.63, 3.8) is 0 Å². The first-order valence-electron chi connectivity index (χ1n) is 19.0. The van der Waals surface area contributed by atoms with Crippen molar-refractivity contribution >= 4 is 39.3 Å². The number of amides is 3. The summed E-state index contributed by atoms with van der Waals surface area (Å²) in [5.74, 6) is -1.15. The molecule has 4 rings (SSSR count). The first-order chi connectivity index (χ1) is 24.9. The Balaban J connectivity index is 1.58. The molecule has 0 radical (unpaired) electrons. The van der Waals surface area contributed by atoms with Crippen molar-refractivity contribution in [2.75, 3.05) is 6.61 Å². The Kier molecular flexibility index (Phi) is 15.2. The summed E-state index contributed by atoms with van der Waals surface area (Å²) in [6, 6.07) is 26.7. The van der Waals surface area contributed by atoms with E-state index in [1.54, 1.807) is 0 Å². The van der Waals surface area contributed by atoms with E-state index in [1.807, 2.05) is 77.9 Å². The molecule has 5 atom stereocenters. The maximum atomic E-state index is 14.5. The lowest BCUT2D eigenvalue weighted by atomic mass is 9.87. The first-order valence-corrected chi connectivity index (χ1v) is 19.0. The second kappa shape index (κ2) is 19.5. The Hall–Kier alpha value is -4.27. The van der Waals surface area contributed by atoms with Gasteiger partial charge in [-0.05, 0) is 76.1 Å². The highest BCUT2D eigenvalue weighted by Crippen LogP contribution is 2.27.